The first-order chi connectivity index (χ1) is 19.2. The number of alkyl halides is 1. The highest BCUT2D eigenvalue weighted by atomic mass is 35.5. The summed E-state index contributed by atoms with van der Waals surface area (Å²) in [5, 5.41) is 0.461. The van der Waals surface area contributed by atoms with Gasteiger partial charge in [0.05, 0.1) is 24.5 Å². The van der Waals surface area contributed by atoms with E-state index in [0.717, 1.165) is 11.1 Å². The molecule has 4 aromatic carbocycles. The Balaban J connectivity index is 1.57. The summed E-state index contributed by atoms with van der Waals surface area (Å²) in [5.41, 5.74) is 0.900. The van der Waals surface area contributed by atoms with Gasteiger partial charge in [-0.05, 0) is 111 Å². The van der Waals surface area contributed by atoms with Crippen molar-refractivity contribution in [2.75, 3.05) is 0 Å². The highest BCUT2D eigenvalue weighted by molar-refractivity contribution is 7.91. The summed E-state index contributed by atoms with van der Waals surface area (Å²) in [6.45, 7) is 7.68. The van der Waals surface area contributed by atoms with Crippen LogP contribution in [-0.4, -0.2) is 16.8 Å². The largest absolute Gasteiger partial charge is 0.483 e. The van der Waals surface area contributed by atoms with Crippen LogP contribution >= 0.6 is 23.2 Å². The second kappa shape index (κ2) is 11.8. The molecule has 0 bridgehead atoms. The molecule has 4 rings (SSSR count). The molecule has 0 aliphatic heterocycles. The molecular formula is C32H32Cl2O5S2. The highest BCUT2D eigenvalue weighted by Gasteiger charge is 2.32. The minimum Gasteiger partial charge on any atom is -0.483 e. The Morgan fingerprint density at radius 3 is 1.29 bits per heavy atom. The molecule has 0 atom stereocenters. The van der Waals surface area contributed by atoms with Gasteiger partial charge in [0.15, 0.2) is 0 Å². The van der Waals surface area contributed by atoms with Crippen molar-refractivity contribution in [2.45, 2.75) is 70.6 Å². The van der Waals surface area contributed by atoms with Gasteiger partial charge in [0.2, 0.25) is 19.7 Å². The first kappa shape index (κ1) is 31.1. The van der Waals surface area contributed by atoms with Crippen molar-refractivity contribution in [3.63, 3.8) is 0 Å². The van der Waals surface area contributed by atoms with Crippen LogP contribution in [-0.2, 0) is 30.1 Å². The van der Waals surface area contributed by atoms with E-state index >= 15 is 0 Å². The summed E-state index contributed by atoms with van der Waals surface area (Å²) >= 11 is 12.3. The van der Waals surface area contributed by atoms with Gasteiger partial charge in [-0.3, -0.25) is 0 Å². The van der Waals surface area contributed by atoms with E-state index in [0.29, 0.717) is 23.6 Å². The average Bonchev–Trinajstić information content (AvgIpc) is 2.96. The van der Waals surface area contributed by atoms with Crippen LogP contribution in [0, 0.1) is 0 Å². The molecule has 0 N–H and O–H groups in total. The molecule has 0 saturated heterocycles. The Morgan fingerprint density at radius 1 is 0.585 bits per heavy atom. The molecule has 9 heteroatoms. The van der Waals surface area contributed by atoms with Crippen LogP contribution in [0.1, 0.15) is 51.7 Å². The number of benzene rings is 4. The van der Waals surface area contributed by atoms with Crippen molar-refractivity contribution in [1.29, 1.82) is 0 Å². The van der Waals surface area contributed by atoms with Crippen molar-refractivity contribution >= 4 is 42.9 Å². The second-order valence-electron chi connectivity index (χ2n) is 10.3. The zero-order chi connectivity index (χ0) is 30.1. The van der Waals surface area contributed by atoms with Crippen LogP contribution in [0.25, 0.3) is 0 Å². The summed E-state index contributed by atoms with van der Waals surface area (Å²) < 4.78 is 59.1. The molecule has 0 saturated carbocycles. The van der Waals surface area contributed by atoms with Gasteiger partial charge in [-0.2, -0.15) is 0 Å². The van der Waals surface area contributed by atoms with Gasteiger partial charge in [0.25, 0.3) is 0 Å². The maximum Gasteiger partial charge on any atom is 0.206 e. The molecule has 0 spiro atoms. The average molecular weight is 632 g/mol. The predicted molar refractivity (Wildman–Crippen MR) is 163 cm³/mol. The number of hydrogen-bond donors (Lipinski definition) is 0. The van der Waals surface area contributed by atoms with Gasteiger partial charge in [-0.25, -0.2) is 16.8 Å². The van der Waals surface area contributed by atoms with Crippen LogP contribution in [0.15, 0.2) is 117 Å². The number of halogens is 2. The zero-order valence-corrected chi connectivity index (χ0v) is 26.4. The first-order valence-electron chi connectivity index (χ1n) is 13.2. The minimum atomic E-state index is -3.73. The smallest absolute Gasteiger partial charge is 0.206 e. The fourth-order valence-corrected chi connectivity index (χ4v) is 7.40. The molecule has 0 amide bonds. The zero-order valence-electron chi connectivity index (χ0n) is 23.3. The lowest BCUT2D eigenvalue weighted by Gasteiger charge is -2.33. The van der Waals surface area contributed by atoms with E-state index in [1.807, 2.05) is 27.7 Å². The van der Waals surface area contributed by atoms with Crippen LogP contribution in [0.3, 0.4) is 0 Å². The Bertz CT molecular complexity index is 1700. The molecule has 0 aliphatic carbocycles. The van der Waals surface area contributed by atoms with Crippen molar-refractivity contribution in [3.8, 4) is 5.75 Å². The molecule has 0 fully saturated rings. The molecule has 0 aromatic heterocycles. The van der Waals surface area contributed by atoms with Gasteiger partial charge in [-0.15, -0.1) is 11.6 Å². The molecule has 0 unspecified atom stereocenters. The SMILES string of the molecule is CCC(CC)(Oc1ccc(S(=O)(=O)c2ccc(C(C)(C)Cl)cc2)cc1)c1ccc(S(=O)(=O)c2ccc(Cl)cc2)cc1. The summed E-state index contributed by atoms with van der Waals surface area (Å²) in [7, 11) is -7.44. The van der Waals surface area contributed by atoms with Crippen molar-refractivity contribution in [3.05, 3.63) is 113 Å². The molecule has 5 nitrogen and oxygen atoms in total. The third-order valence-electron chi connectivity index (χ3n) is 7.26. The highest BCUT2D eigenvalue weighted by Crippen LogP contribution is 2.37. The third kappa shape index (κ3) is 6.49. The molecule has 216 valence electrons. The predicted octanol–water partition coefficient (Wildman–Crippen LogP) is 8.57. The van der Waals surface area contributed by atoms with E-state index in [9.17, 15) is 16.8 Å². The summed E-state index contributed by atoms with van der Waals surface area (Å²) in [6, 6.07) is 25.7. The van der Waals surface area contributed by atoms with Crippen LogP contribution < -0.4 is 4.74 Å². The quantitative estimate of drug-likeness (QED) is 0.164. The fourth-order valence-electron chi connectivity index (χ4n) is 4.63. The maximum atomic E-state index is 13.2. The molecule has 0 aliphatic rings. The number of ether oxygens (including phenoxy) is 1. The Morgan fingerprint density at radius 2 is 0.927 bits per heavy atom. The lowest BCUT2D eigenvalue weighted by molar-refractivity contribution is 0.0572. The van der Waals surface area contributed by atoms with Crippen molar-refractivity contribution < 1.29 is 21.6 Å². The molecule has 0 radical (unpaired) electrons. The topological polar surface area (TPSA) is 77.5 Å². The standard InChI is InChI=1S/C32H32Cl2O5S2/c1-5-32(6-2,24-9-17-28(18-10-24)40(35,36)29-19-11-25(33)12-20-29)39-26-13-21-30(22-14-26)41(37,38)27-15-7-23(8-16-27)31(3,4)34/h7-22H,5-6H2,1-4H3. The van der Waals surface area contributed by atoms with E-state index in [-0.39, 0.29) is 19.6 Å². The van der Waals surface area contributed by atoms with E-state index < -0.39 is 30.1 Å². The third-order valence-corrected chi connectivity index (χ3v) is 11.3. The van der Waals surface area contributed by atoms with E-state index in [1.54, 1.807) is 72.8 Å². The van der Waals surface area contributed by atoms with Gasteiger partial charge < -0.3 is 4.74 Å². The number of sulfone groups is 2. The van der Waals surface area contributed by atoms with Crippen molar-refractivity contribution in [1.82, 2.24) is 0 Å². The molecular weight excluding hydrogens is 599 g/mol. The summed E-state index contributed by atoms with van der Waals surface area (Å²) in [4.78, 5) is 0.0652. The van der Waals surface area contributed by atoms with Gasteiger partial charge in [0, 0.05) is 5.02 Å². The van der Waals surface area contributed by atoms with Gasteiger partial charge >= 0.3 is 0 Å². The summed E-state index contributed by atoms with van der Waals surface area (Å²) in [5.74, 6) is 0.504. The molecule has 0 heterocycles. The Hall–Kier alpha value is -2.84. The Kier molecular flexibility index (Phi) is 8.95. The molecule has 4 aromatic rings. The van der Waals surface area contributed by atoms with E-state index in [1.165, 1.54) is 24.3 Å². The Labute approximate surface area is 252 Å². The van der Waals surface area contributed by atoms with Crippen LogP contribution in [0.2, 0.25) is 5.02 Å². The van der Waals surface area contributed by atoms with Crippen LogP contribution in [0.4, 0.5) is 0 Å². The second-order valence-corrected chi connectivity index (χ2v) is 15.5. The molecule has 41 heavy (non-hydrogen) atoms. The monoisotopic (exact) mass is 630 g/mol. The summed E-state index contributed by atoms with van der Waals surface area (Å²) in [6.07, 6.45) is 1.21. The fraction of sp³-hybridized carbons (Fsp3) is 0.250. The lowest BCUT2D eigenvalue weighted by atomic mass is 9.88. The van der Waals surface area contributed by atoms with Gasteiger partial charge in [-0.1, -0.05) is 49.7 Å². The minimum absolute atomic E-state index is 0.151. The number of hydrogen-bond acceptors (Lipinski definition) is 5. The maximum absolute atomic E-state index is 13.2. The lowest BCUT2D eigenvalue weighted by Crippen LogP contribution is -2.31. The number of rotatable bonds is 10. The van der Waals surface area contributed by atoms with Gasteiger partial charge in [0.1, 0.15) is 11.4 Å². The van der Waals surface area contributed by atoms with E-state index in [4.69, 9.17) is 27.9 Å². The normalized spacial score (nSPS) is 12.7. The van der Waals surface area contributed by atoms with Crippen LogP contribution in [0.5, 0.6) is 5.75 Å². The van der Waals surface area contributed by atoms with E-state index in [2.05, 4.69) is 0 Å². The van der Waals surface area contributed by atoms with Crippen molar-refractivity contribution in [2.24, 2.45) is 0 Å². The first-order valence-corrected chi connectivity index (χ1v) is 16.9.